The molecule has 2 heterocycles. The van der Waals surface area contributed by atoms with E-state index in [2.05, 4.69) is 89.2 Å². The van der Waals surface area contributed by atoms with Gasteiger partial charge in [-0.3, -0.25) is 9.11 Å². The molecule has 1 saturated heterocycles. The van der Waals surface area contributed by atoms with E-state index < -0.39 is 20.2 Å². The highest BCUT2D eigenvalue weighted by Crippen LogP contribution is 2.46. The maximum Gasteiger partial charge on any atom is 0.265 e. The highest BCUT2D eigenvalue weighted by Gasteiger charge is 2.34. The monoisotopic (exact) mass is 735 g/mol. The van der Waals surface area contributed by atoms with E-state index in [4.69, 9.17) is 0 Å². The molecular weight excluding hydrogens is 697 g/mol. The van der Waals surface area contributed by atoms with Crippen LogP contribution in [0.25, 0.3) is 27.4 Å². The Morgan fingerprint density at radius 3 is 2.27 bits per heavy atom. The average molecular weight is 736 g/mol. The minimum Gasteiger partial charge on any atom is -0.339 e. The van der Waals surface area contributed by atoms with E-state index in [0.717, 1.165) is 49.1 Å². The number of thioether (sulfide) groups is 1. The summed E-state index contributed by atoms with van der Waals surface area (Å²) in [5, 5.41) is 2.05. The van der Waals surface area contributed by atoms with E-state index in [-0.39, 0.29) is 35.5 Å². The van der Waals surface area contributed by atoms with E-state index in [1.807, 2.05) is 36.4 Å². The molecule has 2 unspecified atom stereocenters. The first-order chi connectivity index (χ1) is 23.5. The Morgan fingerprint density at radius 2 is 1.57 bits per heavy atom. The molecule has 1 fully saturated rings. The smallest absolute Gasteiger partial charge is 0.265 e. The Kier molecular flexibility index (Phi) is 10.9. The summed E-state index contributed by atoms with van der Waals surface area (Å²) in [5.74, 6) is -0.546. The van der Waals surface area contributed by atoms with Crippen molar-refractivity contribution in [3.63, 3.8) is 0 Å². The molecule has 2 atom stereocenters. The number of aryl methyl sites for hydroxylation is 1. The summed E-state index contributed by atoms with van der Waals surface area (Å²) in [6.07, 6.45) is 12.2. The van der Waals surface area contributed by atoms with E-state index in [0.29, 0.717) is 13.1 Å². The molecule has 3 aromatic carbocycles. The molecule has 0 amide bonds. The van der Waals surface area contributed by atoms with Crippen molar-refractivity contribution in [3.8, 4) is 11.1 Å². The largest absolute Gasteiger partial charge is 0.339 e. The molecular formula is C37H39N2O6S4+. The van der Waals surface area contributed by atoms with Crippen LogP contribution in [0.2, 0.25) is 0 Å². The SMILES string of the molecule is CCC(=Cc1sc2ccc(-c3ccccc3)cc2[n+]1CCCS(=O)(=O)O)C=C1SC2C=CC(c3ccccc3)C=C2N1CCCS(=O)(=O)O. The Bertz CT molecular complexity index is 2160. The van der Waals surface area contributed by atoms with Crippen molar-refractivity contribution in [2.45, 2.75) is 43.9 Å². The van der Waals surface area contributed by atoms with Gasteiger partial charge >= 0.3 is 0 Å². The summed E-state index contributed by atoms with van der Waals surface area (Å²) in [6.45, 7) is 2.94. The first kappa shape index (κ1) is 35.3. The molecule has 0 bridgehead atoms. The lowest BCUT2D eigenvalue weighted by molar-refractivity contribution is -0.668. The normalized spacial score (nSPS) is 19.1. The Morgan fingerprint density at radius 1 is 0.878 bits per heavy atom. The van der Waals surface area contributed by atoms with Crippen molar-refractivity contribution in [2.24, 2.45) is 0 Å². The van der Waals surface area contributed by atoms with Crippen LogP contribution in [-0.2, 0) is 26.8 Å². The third kappa shape index (κ3) is 8.99. The molecule has 2 N–H and O–H groups in total. The molecule has 1 aliphatic heterocycles. The van der Waals surface area contributed by atoms with Gasteiger partial charge in [-0.2, -0.15) is 21.4 Å². The van der Waals surface area contributed by atoms with Crippen LogP contribution in [0.3, 0.4) is 0 Å². The number of benzene rings is 3. The van der Waals surface area contributed by atoms with Crippen molar-refractivity contribution in [2.75, 3.05) is 18.1 Å². The number of fused-ring (bicyclic) bond motifs is 2. The highest BCUT2D eigenvalue weighted by atomic mass is 32.2. The molecule has 0 saturated carbocycles. The minimum absolute atomic E-state index is 0.0844. The van der Waals surface area contributed by atoms with Crippen LogP contribution in [0, 0.1) is 0 Å². The second-order valence-electron chi connectivity index (χ2n) is 12.1. The molecule has 8 nitrogen and oxygen atoms in total. The quantitative estimate of drug-likeness (QED) is 0.0816. The lowest BCUT2D eigenvalue weighted by Crippen LogP contribution is -2.36. The molecule has 256 valence electrons. The van der Waals surface area contributed by atoms with E-state index in [9.17, 15) is 25.9 Å². The Labute approximate surface area is 296 Å². The van der Waals surface area contributed by atoms with Crippen LogP contribution in [0.1, 0.15) is 42.7 Å². The van der Waals surface area contributed by atoms with Crippen LogP contribution in [0.15, 0.2) is 119 Å². The van der Waals surface area contributed by atoms with Crippen LogP contribution >= 0.6 is 23.1 Å². The first-order valence-corrected chi connectivity index (χ1v) is 21.1. The molecule has 1 aliphatic carbocycles. The average Bonchev–Trinajstić information content (AvgIpc) is 3.60. The third-order valence-electron chi connectivity index (χ3n) is 8.58. The van der Waals surface area contributed by atoms with Crippen molar-refractivity contribution in [3.05, 3.63) is 130 Å². The summed E-state index contributed by atoms with van der Waals surface area (Å²) >= 11 is 3.35. The second kappa shape index (κ2) is 15.2. The van der Waals surface area contributed by atoms with Crippen LogP contribution in [0.4, 0.5) is 0 Å². The minimum atomic E-state index is -4.10. The van der Waals surface area contributed by atoms with Crippen LogP contribution in [-0.4, -0.2) is 54.1 Å². The van der Waals surface area contributed by atoms with Crippen molar-refractivity contribution in [1.82, 2.24) is 4.90 Å². The summed E-state index contributed by atoms with van der Waals surface area (Å²) in [6, 6.07) is 26.7. The topological polar surface area (TPSA) is 116 Å². The fourth-order valence-electron chi connectivity index (χ4n) is 6.17. The predicted octanol–water partition coefficient (Wildman–Crippen LogP) is 7.70. The molecule has 2 aliphatic rings. The van der Waals surface area contributed by atoms with Gasteiger partial charge in [0.1, 0.15) is 4.70 Å². The van der Waals surface area contributed by atoms with Gasteiger partial charge in [0.05, 0.1) is 21.8 Å². The Hall–Kier alpha value is -3.52. The number of hydrogen-bond acceptors (Lipinski definition) is 7. The van der Waals surface area contributed by atoms with Crippen LogP contribution < -0.4 is 4.57 Å². The van der Waals surface area contributed by atoms with E-state index in [1.54, 1.807) is 23.1 Å². The van der Waals surface area contributed by atoms with Gasteiger partial charge in [-0.15, -0.1) is 0 Å². The van der Waals surface area contributed by atoms with Crippen LogP contribution in [0.5, 0.6) is 0 Å². The first-order valence-electron chi connectivity index (χ1n) is 16.2. The third-order valence-corrected chi connectivity index (χ3v) is 12.5. The number of allylic oxidation sites excluding steroid dienone is 4. The molecule has 0 spiro atoms. The summed E-state index contributed by atoms with van der Waals surface area (Å²) in [4.78, 5) is 2.18. The number of nitrogens with zero attached hydrogens (tertiary/aromatic N) is 2. The van der Waals surface area contributed by atoms with Gasteiger partial charge in [-0.1, -0.05) is 115 Å². The lowest BCUT2D eigenvalue weighted by atomic mass is 9.93. The van der Waals surface area contributed by atoms with E-state index >= 15 is 0 Å². The van der Waals surface area contributed by atoms with Gasteiger partial charge < -0.3 is 4.90 Å². The number of thiazole rings is 1. The molecule has 6 rings (SSSR count). The van der Waals surface area contributed by atoms with Gasteiger partial charge in [0.15, 0.2) is 6.54 Å². The van der Waals surface area contributed by atoms with Gasteiger partial charge in [0, 0.05) is 36.7 Å². The standard InChI is InChI=1S/C37H38N2O6S4/c1-2-27(23-36-38(19-9-21-48(40,41)42)32-25-30(15-17-34(32)46-36)28-11-5-3-6-12-28)24-37-39(20-10-22-49(43,44)45)33-26-31(16-18-35(33)47-37)29-13-7-4-8-14-29/h3-8,11-18,23-26,30,34H,2,9-10,19-22H2,1H3,(H-,40,41,42,43,44,45)/p+1. The summed E-state index contributed by atoms with van der Waals surface area (Å²) in [7, 11) is -8.19. The lowest BCUT2D eigenvalue weighted by Gasteiger charge is -2.25. The fourth-order valence-corrected chi connectivity index (χ4v) is 9.61. The van der Waals surface area contributed by atoms with E-state index in [1.165, 1.54) is 5.56 Å². The second-order valence-corrected chi connectivity index (χ2v) is 17.4. The van der Waals surface area contributed by atoms with Gasteiger partial charge in [-0.25, -0.2) is 0 Å². The van der Waals surface area contributed by atoms with Crippen molar-refractivity contribution < 1.29 is 30.5 Å². The molecule has 0 radical (unpaired) electrons. The maximum atomic E-state index is 11.6. The molecule has 12 heteroatoms. The summed E-state index contributed by atoms with van der Waals surface area (Å²) in [5.41, 5.74) is 6.48. The molecule has 1 aromatic heterocycles. The van der Waals surface area contributed by atoms with Gasteiger partial charge in [-0.05, 0) is 47.2 Å². The van der Waals surface area contributed by atoms with Gasteiger partial charge in [0.25, 0.3) is 25.2 Å². The Balaban J connectivity index is 1.38. The summed E-state index contributed by atoms with van der Waals surface area (Å²) < 4.78 is 68.5. The predicted molar refractivity (Wildman–Crippen MR) is 200 cm³/mol. The van der Waals surface area contributed by atoms with Crippen molar-refractivity contribution in [1.29, 1.82) is 0 Å². The fraction of sp³-hybridized carbons (Fsp3) is 0.270. The number of aromatic nitrogens is 1. The van der Waals surface area contributed by atoms with Crippen molar-refractivity contribution >= 4 is 59.6 Å². The zero-order valence-corrected chi connectivity index (χ0v) is 30.3. The molecule has 4 aromatic rings. The highest BCUT2D eigenvalue weighted by molar-refractivity contribution is 8.04. The zero-order chi connectivity index (χ0) is 34.6. The zero-order valence-electron chi connectivity index (χ0n) is 27.1. The maximum absolute atomic E-state index is 11.6. The van der Waals surface area contributed by atoms with Gasteiger partial charge in [0.2, 0.25) is 5.52 Å². The number of rotatable bonds is 13. The molecule has 49 heavy (non-hydrogen) atoms. The number of hydrogen-bond donors (Lipinski definition) is 2.